The summed E-state index contributed by atoms with van der Waals surface area (Å²) in [5.41, 5.74) is 0.365. The van der Waals surface area contributed by atoms with Crippen molar-refractivity contribution in [1.29, 1.82) is 0 Å². The van der Waals surface area contributed by atoms with Crippen LogP contribution in [-0.4, -0.2) is 4.98 Å². The minimum atomic E-state index is -4.43. The van der Waals surface area contributed by atoms with Gasteiger partial charge in [0.25, 0.3) is 0 Å². The summed E-state index contributed by atoms with van der Waals surface area (Å²) < 4.78 is 37.5. The quantitative estimate of drug-likeness (QED) is 0.858. The zero-order valence-electron chi connectivity index (χ0n) is 10.6. The van der Waals surface area contributed by atoms with E-state index in [2.05, 4.69) is 17.2 Å². The Morgan fingerprint density at radius 1 is 1.40 bits per heavy atom. The van der Waals surface area contributed by atoms with Gasteiger partial charge in [0.2, 0.25) is 0 Å². The van der Waals surface area contributed by atoms with Gasteiger partial charge in [0, 0.05) is 11.1 Å². The van der Waals surface area contributed by atoms with E-state index in [1.165, 1.54) is 5.56 Å². The van der Waals surface area contributed by atoms with Crippen LogP contribution in [-0.2, 0) is 19.1 Å². The zero-order valence-corrected chi connectivity index (χ0v) is 12.2. The number of aryl methyl sites for hydroxylation is 1. The van der Waals surface area contributed by atoms with E-state index in [9.17, 15) is 13.2 Å². The number of nitrogens with one attached hydrogen (secondary N) is 1. The average Bonchev–Trinajstić information content (AvgIpc) is 2.83. The molecule has 2 nitrogen and oxygen atoms in total. The Balaban J connectivity index is 2.11. The van der Waals surface area contributed by atoms with Crippen molar-refractivity contribution in [2.24, 2.45) is 0 Å². The van der Waals surface area contributed by atoms with E-state index in [1.807, 2.05) is 11.4 Å². The van der Waals surface area contributed by atoms with Crippen molar-refractivity contribution in [3.05, 3.63) is 44.7 Å². The summed E-state index contributed by atoms with van der Waals surface area (Å²) in [6, 6.07) is 2.91. The lowest BCUT2D eigenvalue weighted by Crippen LogP contribution is -2.08. The highest BCUT2D eigenvalue weighted by molar-refractivity contribution is 7.10. The predicted octanol–water partition coefficient (Wildman–Crippen LogP) is 4.99. The van der Waals surface area contributed by atoms with E-state index in [1.54, 1.807) is 11.3 Å². The Hall–Kier alpha value is -1.27. The molecule has 0 spiro atoms. The number of hydrogen-bond donors (Lipinski definition) is 1. The number of alkyl halides is 3. The van der Waals surface area contributed by atoms with Crippen molar-refractivity contribution in [2.75, 3.05) is 5.32 Å². The number of pyridine rings is 1. The fourth-order valence-electron chi connectivity index (χ4n) is 1.72. The summed E-state index contributed by atoms with van der Waals surface area (Å²) in [6.07, 6.45) is -2.74. The number of nitrogens with zero attached hydrogens (tertiary/aromatic N) is 1. The lowest BCUT2D eigenvalue weighted by atomic mass is 10.2. The lowest BCUT2D eigenvalue weighted by Gasteiger charge is -2.10. The van der Waals surface area contributed by atoms with Crippen LogP contribution in [0.25, 0.3) is 0 Å². The van der Waals surface area contributed by atoms with Gasteiger partial charge in [-0.3, -0.25) is 0 Å². The molecule has 0 aliphatic carbocycles. The normalized spacial score (nSPS) is 11.7. The zero-order chi connectivity index (χ0) is 14.8. The molecule has 2 rings (SSSR count). The van der Waals surface area contributed by atoms with Crippen LogP contribution in [0.3, 0.4) is 0 Å². The van der Waals surface area contributed by atoms with Crippen molar-refractivity contribution >= 4 is 28.8 Å². The Morgan fingerprint density at radius 3 is 2.75 bits per heavy atom. The van der Waals surface area contributed by atoms with Gasteiger partial charge in [-0.2, -0.15) is 13.2 Å². The predicted molar refractivity (Wildman–Crippen MR) is 75.3 cm³/mol. The maximum absolute atomic E-state index is 12.5. The second kappa shape index (κ2) is 6.01. The molecule has 2 heterocycles. The van der Waals surface area contributed by atoms with Crippen LogP contribution in [0.4, 0.5) is 19.0 Å². The van der Waals surface area contributed by atoms with Crippen molar-refractivity contribution in [1.82, 2.24) is 4.98 Å². The second-order valence-electron chi connectivity index (χ2n) is 4.13. The van der Waals surface area contributed by atoms with Gasteiger partial charge in [-0.25, -0.2) is 4.98 Å². The van der Waals surface area contributed by atoms with Crippen molar-refractivity contribution in [2.45, 2.75) is 26.1 Å². The molecule has 20 heavy (non-hydrogen) atoms. The molecule has 0 saturated carbocycles. The molecular weight excluding hydrogens is 309 g/mol. The molecule has 0 fully saturated rings. The average molecular weight is 321 g/mol. The van der Waals surface area contributed by atoms with Gasteiger partial charge in [-0.1, -0.05) is 18.5 Å². The summed E-state index contributed by atoms with van der Waals surface area (Å²) in [4.78, 5) is 4.87. The highest BCUT2D eigenvalue weighted by atomic mass is 35.5. The fourth-order valence-corrected chi connectivity index (χ4v) is 2.87. The molecule has 7 heteroatoms. The lowest BCUT2D eigenvalue weighted by molar-refractivity contribution is -0.137. The third kappa shape index (κ3) is 3.43. The minimum absolute atomic E-state index is 0.0329. The molecule has 0 aliphatic rings. The Kier molecular flexibility index (Phi) is 4.55. The third-order valence-electron chi connectivity index (χ3n) is 2.80. The highest BCUT2D eigenvalue weighted by Gasteiger charge is 2.31. The summed E-state index contributed by atoms with van der Waals surface area (Å²) in [7, 11) is 0. The van der Waals surface area contributed by atoms with Gasteiger partial charge < -0.3 is 5.32 Å². The smallest absolute Gasteiger partial charge is 0.364 e. The van der Waals surface area contributed by atoms with Crippen LogP contribution in [0.2, 0.25) is 5.02 Å². The van der Waals surface area contributed by atoms with Crippen molar-refractivity contribution in [3.8, 4) is 0 Å². The maximum atomic E-state index is 12.5. The summed E-state index contributed by atoms with van der Waals surface area (Å²) >= 11 is 7.42. The number of halogens is 4. The van der Waals surface area contributed by atoms with E-state index in [4.69, 9.17) is 11.6 Å². The van der Waals surface area contributed by atoms with Crippen molar-refractivity contribution < 1.29 is 13.2 Å². The van der Waals surface area contributed by atoms with Gasteiger partial charge in [0.05, 0.1) is 17.1 Å². The molecule has 0 atom stereocenters. The Labute approximate surface area is 123 Å². The third-order valence-corrected chi connectivity index (χ3v) is 4.05. The highest BCUT2D eigenvalue weighted by Crippen LogP contribution is 2.32. The van der Waals surface area contributed by atoms with E-state index < -0.39 is 11.7 Å². The second-order valence-corrected chi connectivity index (χ2v) is 5.54. The molecular formula is C13H12ClF3N2S. The molecule has 2 aromatic heterocycles. The van der Waals surface area contributed by atoms with Crippen LogP contribution in [0.1, 0.15) is 22.9 Å². The fraction of sp³-hybridized carbons (Fsp3) is 0.308. The first-order chi connectivity index (χ1) is 9.41. The van der Waals surface area contributed by atoms with Crippen molar-refractivity contribution in [3.63, 3.8) is 0 Å². The molecule has 0 radical (unpaired) electrons. The van der Waals surface area contributed by atoms with Gasteiger partial charge in [-0.05, 0) is 29.5 Å². The number of thiophene rings is 1. The molecule has 0 bridgehead atoms. The molecule has 0 unspecified atom stereocenters. The summed E-state index contributed by atoms with van der Waals surface area (Å²) in [5, 5.41) is 4.92. The maximum Gasteiger partial charge on any atom is 0.417 e. The Bertz CT molecular complexity index is 596. The molecule has 1 N–H and O–H groups in total. The number of anilines is 1. The summed E-state index contributed by atoms with van der Waals surface area (Å²) in [6.45, 7) is 2.55. The standard InChI is InChI=1S/C13H12ClF3N2S/c1-2-8-3-4-20-11(8)7-19-12-10(14)5-9(6-18-12)13(15,16)17/h3-6H,2,7H2,1H3,(H,18,19). The van der Waals surface area contributed by atoms with E-state index >= 15 is 0 Å². The largest absolute Gasteiger partial charge is 0.417 e. The van der Waals surface area contributed by atoms with Gasteiger partial charge >= 0.3 is 6.18 Å². The number of rotatable bonds is 4. The molecule has 108 valence electrons. The first kappa shape index (κ1) is 15.1. The summed E-state index contributed by atoms with van der Waals surface area (Å²) in [5.74, 6) is 0.259. The van der Waals surface area contributed by atoms with Gasteiger partial charge in [0.1, 0.15) is 5.82 Å². The minimum Gasteiger partial charge on any atom is -0.364 e. The number of aromatic nitrogens is 1. The molecule has 0 aliphatic heterocycles. The molecule has 0 aromatic carbocycles. The van der Waals surface area contributed by atoms with Crippen LogP contribution in [0, 0.1) is 0 Å². The monoisotopic (exact) mass is 320 g/mol. The SMILES string of the molecule is CCc1ccsc1CNc1ncc(C(F)(F)F)cc1Cl. The van der Waals surface area contributed by atoms with Gasteiger partial charge in [-0.15, -0.1) is 11.3 Å². The number of hydrogen-bond acceptors (Lipinski definition) is 3. The molecule has 0 amide bonds. The van der Waals surface area contributed by atoms with E-state index in [0.29, 0.717) is 6.54 Å². The molecule has 2 aromatic rings. The van der Waals surface area contributed by atoms with Crippen LogP contribution >= 0.6 is 22.9 Å². The van der Waals surface area contributed by atoms with Gasteiger partial charge in [0.15, 0.2) is 0 Å². The van der Waals surface area contributed by atoms with E-state index in [0.717, 1.165) is 23.6 Å². The topological polar surface area (TPSA) is 24.9 Å². The van der Waals surface area contributed by atoms with Crippen LogP contribution in [0.15, 0.2) is 23.7 Å². The first-order valence-electron chi connectivity index (χ1n) is 5.93. The van der Waals surface area contributed by atoms with Crippen LogP contribution in [0.5, 0.6) is 0 Å². The Morgan fingerprint density at radius 2 is 2.15 bits per heavy atom. The van der Waals surface area contributed by atoms with E-state index in [-0.39, 0.29) is 10.8 Å². The first-order valence-corrected chi connectivity index (χ1v) is 7.19. The van der Waals surface area contributed by atoms with Crippen LogP contribution < -0.4 is 5.32 Å². The molecule has 0 saturated heterocycles.